The maximum Gasteiger partial charge on any atom is 0.239 e. The molecule has 88 valence electrons. The maximum atomic E-state index is 12.0. The minimum atomic E-state index is 0.122. The van der Waals surface area contributed by atoms with E-state index in [0.717, 1.165) is 32.5 Å². The first kappa shape index (κ1) is 12.5. The Hall–Kier alpha value is -0.610. The summed E-state index contributed by atoms with van der Waals surface area (Å²) >= 11 is 0. The topological polar surface area (TPSA) is 26.8 Å². The Kier molecular flexibility index (Phi) is 4.54. The van der Waals surface area contributed by atoms with Crippen LogP contribution in [0.5, 0.6) is 0 Å². The van der Waals surface area contributed by atoms with Gasteiger partial charge >= 0.3 is 0 Å². The van der Waals surface area contributed by atoms with E-state index in [1.165, 1.54) is 0 Å². The molecule has 0 aromatic rings. The molecule has 0 aliphatic carbocycles. The van der Waals surface area contributed by atoms with E-state index in [-0.39, 0.29) is 11.9 Å². The fraction of sp³-hybridized carbons (Fsp3) is 0.909. The molecule has 0 aromatic carbocycles. The van der Waals surface area contributed by atoms with Gasteiger partial charge in [-0.15, -0.1) is 0 Å². The average Bonchev–Trinajstić information content (AvgIpc) is 2.59. The van der Waals surface area contributed by atoms with Crippen LogP contribution in [0.2, 0.25) is 0 Å². The zero-order valence-corrected chi connectivity index (χ0v) is 10.4. The normalized spacial score (nSPS) is 22.3. The molecule has 0 unspecified atom stereocenters. The minimum Gasteiger partial charge on any atom is -0.343 e. The summed E-state index contributed by atoms with van der Waals surface area (Å²) in [5.74, 6) is 0.275. The van der Waals surface area contributed by atoms with Crippen LogP contribution in [0.3, 0.4) is 0 Å². The van der Waals surface area contributed by atoms with Crippen molar-refractivity contribution in [3.05, 3.63) is 0 Å². The largest absolute Gasteiger partial charge is 0.343 e. The molecule has 0 N–H and O–H groups in total. The van der Waals surface area contributed by atoms with Crippen molar-refractivity contribution < 1.29 is 4.79 Å². The molecule has 0 spiro atoms. The highest BCUT2D eigenvalue weighted by molar-refractivity contribution is 5.81. The summed E-state index contributed by atoms with van der Waals surface area (Å²) in [6.45, 7) is 2.80. The van der Waals surface area contributed by atoms with Gasteiger partial charge in [-0.3, -0.25) is 9.69 Å². The van der Waals surface area contributed by atoms with E-state index < -0.39 is 0 Å². The second-order valence-electron chi connectivity index (χ2n) is 4.70. The fourth-order valence-corrected chi connectivity index (χ4v) is 1.94. The van der Waals surface area contributed by atoms with Crippen LogP contribution in [0, 0.1) is 0 Å². The second-order valence-corrected chi connectivity index (χ2v) is 4.70. The molecule has 1 amide bonds. The van der Waals surface area contributed by atoms with Crippen molar-refractivity contribution in [1.29, 1.82) is 0 Å². The molecule has 0 aromatic heterocycles. The number of carbonyl (C=O) groups excluding carboxylic acids is 1. The third-order valence-corrected chi connectivity index (χ3v) is 3.06. The Morgan fingerprint density at radius 2 is 2.00 bits per heavy atom. The number of rotatable bonds is 4. The Morgan fingerprint density at radius 1 is 1.33 bits per heavy atom. The van der Waals surface area contributed by atoms with E-state index in [9.17, 15) is 4.79 Å². The van der Waals surface area contributed by atoms with Crippen molar-refractivity contribution in [2.75, 3.05) is 47.8 Å². The van der Waals surface area contributed by atoms with E-state index in [0.29, 0.717) is 0 Å². The minimum absolute atomic E-state index is 0.122. The summed E-state index contributed by atoms with van der Waals surface area (Å²) in [5, 5.41) is 0. The van der Waals surface area contributed by atoms with E-state index in [1.54, 1.807) is 0 Å². The van der Waals surface area contributed by atoms with Crippen LogP contribution < -0.4 is 0 Å². The molecule has 4 heteroatoms. The highest BCUT2D eigenvalue weighted by Gasteiger charge is 2.29. The zero-order chi connectivity index (χ0) is 11.4. The molecule has 0 saturated carbocycles. The standard InChI is InChI=1S/C11H23N3O/c1-12(2)8-9-14(4)11(15)10-6-5-7-13(10)3/h10H,5-9H2,1-4H3/t10-/m1/s1. The smallest absolute Gasteiger partial charge is 0.239 e. The predicted molar refractivity (Wildman–Crippen MR) is 61.8 cm³/mol. The Morgan fingerprint density at radius 3 is 2.47 bits per heavy atom. The summed E-state index contributed by atoms with van der Waals surface area (Å²) < 4.78 is 0. The molecule has 0 radical (unpaired) electrons. The van der Waals surface area contributed by atoms with E-state index >= 15 is 0 Å². The SMILES string of the molecule is CN(C)CCN(C)C(=O)[C@H]1CCCN1C. The molecule has 1 heterocycles. The van der Waals surface area contributed by atoms with Crippen molar-refractivity contribution in [3.8, 4) is 0 Å². The number of likely N-dealkylation sites (tertiary alicyclic amines) is 1. The van der Waals surface area contributed by atoms with Crippen molar-refractivity contribution >= 4 is 5.91 Å². The first-order valence-electron chi connectivity index (χ1n) is 5.62. The number of likely N-dealkylation sites (N-methyl/N-ethyl adjacent to an activating group) is 3. The Labute approximate surface area is 92.8 Å². The molecular weight excluding hydrogens is 190 g/mol. The first-order chi connectivity index (χ1) is 7.02. The maximum absolute atomic E-state index is 12.0. The molecule has 1 rings (SSSR count). The van der Waals surface area contributed by atoms with Gasteiger partial charge in [-0.25, -0.2) is 0 Å². The lowest BCUT2D eigenvalue weighted by atomic mass is 10.2. The first-order valence-corrected chi connectivity index (χ1v) is 5.62. The molecule has 15 heavy (non-hydrogen) atoms. The third kappa shape index (κ3) is 3.47. The monoisotopic (exact) mass is 213 g/mol. The summed E-state index contributed by atoms with van der Waals surface area (Å²) in [4.78, 5) is 18.1. The number of hydrogen-bond donors (Lipinski definition) is 0. The Balaban J connectivity index is 2.38. The number of amides is 1. The van der Waals surface area contributed by atoms with Gasteiger partial charge in [0.05, 0.1) is 6.04 Å². The van der Waals surface area contributed by atoms with Crippen molar-refractivity contribution in [2.24, 2.45) is 0 Å². The van der Waals surface area contributed by atoms with Crippen molar-refractivity contribution in [3.63, 3.8) is 0 Å². The summed E-state index contributed by atoms with van der Waals surface area (Å²) in [6, 6.07) is 0.122. The van der Waals surface area contributed by atoms with Gasteiger partial charge in [0.25, 0.3) is 0 Å². The molecule has 0 bridgehead atoms. The van der Waals surface area contributed by atoms with Gasteiger partial charge in [0, 0.05) is 20.1 Å². The molecule has 1 aliphatic heterocycles. The molecular formula is C11H23N3O. The predicted octanol–water partition coefficient (Wildman–Crippen LogP) is 0.101. The van der Waals surface area contributed by atoms with Gasteiger partial charge < -0.3 is 9.80 Å². The van der Waals surface area contributed by atoms with Crippen molar-refractivity contribution in [2.45, 2.75) is 18.9 Å². The van der Waals surface area contributed by atoms with Gasteiger partial charge in [-0.05, 0) is 40.5 Å². The van der Waals surface area contributed by atoms with Gasteiger partial charge in [-0.1, -0.05) is 0 Å². The number of nitrogens with zero attached hydrogens (tertiary/aromatic N) is 3. The second kappa shape index (κ2) is 5.47. The molecule has 4 nitrogen and oxygen atoms in total. The molecule has 1 aliphatic rings. The Bertz CT molecular complexity index is 218. The van der Waals surface area contributed by atoms with Crippen molar-refractivity contribution in [1.82, 2.24) is 14.7 Å². The lowest BCUT2D eigenvalue weighted by molar-refractivity contribution is -0.134. The van der Waals surface area contributed by atoms with Gasteiger partial charge in [0.2, 0.25) is 5.91 Å². The summed E-state index contributed by atoms with van der Waals surface area (Å²) in [7, 11) is 7.99. The van der Waals surface area contributed by atoms with Crippen LogP contribution in [-0.4, -0.2) is 74.5 Å². The lowest BCUT2D eigenvalue weighted by Crippen LogP contribution is -2.44. The number of carbonyl (C=O) groups is 1. The van der Waals surface area contributed by atoms with E-state index in [2.05, 4.69) is 9.80 Å². The quantitative estimate of drug-likeness (QED) is 0.663. The lowest BCUT2D eigenvalue weighted by Gasteiger charge is -2.26. The van der Waals surface area contributed by atoms with E-state index in [4.69, 9.17) is 0 Å². The highest BCUT2D eigenvalue weighted by Crippen LogP contribution is 2.16. The summed E-state index contributed by atoms with van der Waals surface area (Å²) in [6.07, 6.45) is 2.16. The van der Waals surface area contributed by atoms with Crippen LogP contribution >= 0.6 is 0 Å². The highest BCUT2D eigenvalue weighted by atomic mass is 16.2. The van der Waals surface area contributed by atoms with Crippen LogP contribution in [-0.2, 0) is 4.79 Å². The molecule has 1 saturated heterocycles. The number of hydrogen-bond acceptors (Lipinski definition) is 3. The average molecular weight is 213 g/mol. The van der Waals surface area contributed by atoms with Crippen LogP contribution in [0.1, 0.15) is 12.8 Å². The van der Waals surface area contributed by atoms with Gasteiger partial charge in [-0.2, -0.15) is 0 Å². The van der Waals surface area contributed by atoms with Crippen LogP contribution in [0.25, 0.3) is 0 Å². The van der Waals surface area contributed by atoms with E-state index in [1.807, 2.05) is 33.1 Å². The fourth-order valence-electron chi connectivity index (χ4n) is 1.94. The van der Waals surface area contributed by atoms with Gasteiger partial charge in [0.1, 0.15) is 0 Å². The van der Waals surface area contributed by atoms with Gasteiger partial charge in [0.15, 0.2) is 0 Å². The molecule has 1 fully saturated rings. The third-order valence-electron chi connectivity index (χ3n) is 3.06. The molecule has 1 atom stereocenters. The zero-order valence-electron chi connectivity index (χ0n) is 10.4. The van der Waals surface area contributed by atoms with Crippen LogP contribution in [0.15, 0.2) is 0 Å². The summed E-state index contributed by atoms with van der Waals surface area (Å²) in [5.41, 5.74) is 0. The van der Waals surface area contributed by atoms with Crippen LogP contribution in [0.4, 0.5) is 0 Å².